The average molecular weight is 336 g/mol. The van der Waals surface area contributed by atoms with Crippen LogP contribution in [0.1, 0.15) is 21.1 Å². The van der Waals surface area contributed by atoms with E-state index in [1.165, 1.54) is 16.9 Å². The highest BCUT2D eigenvalue weighted by molar-refractivity contribution is 7.09. The molecule has 0 unspecified atom stereocenters. The molecular weight excluding hydrogens is 318 g/mol. The highest BCUT2D eigenvalue weighted by atomic mass is 35.5. The molecule has 1 aliphatic rings. The van der Waals surface area contributed by atoms with Crippen molar-refractivity contribution in [3.63, 3.8) is 0 Å². The van der Waals surface area contributed by atoms with Gasteiger partial charge in [0.2, 0.25) is 0 Å². The van der Waals surface area contributed by atoms with Crippen LogP contribution in [0, 0.1) is 6.92 Å². The first-order valence-corrected chi connectivity index (χ1v) is 8.56. The van der Waals surface area contributed by atoms with Crippen molar-refractivity contribution in [3.05, 3.63) is 50.9 Å². The van der Waals surface area contributed by atoms with E-state index in [4.69, 9.17) is 11.6 Å². The van der Waals surface area contributed by atoms with Crippen LogP contribution in [0.4, 0.5) is 0 Å². The average Bonchev–Trinajstić information content (AvgIpc) is 2.96. The topological polar surface area (TPSA) is 36.4 Å². The van der Waals surface area contributed by atoms with Gasteiger partial charge in [0.05, 0.1) is 5.01 Å². The standard InChI is InChI=1S/C16H18ClN3OS/c1-12-18-15(11-22-12)16(21)20-8-6-19(7-9-20)10-13-2-4-14(17)5-3-13/h2-5,11H,6-10H2,1H3. The largest absolute Gasteiger partial charge is 0.335 e. The van der Waals surface area contributed by atoms with Gasteiger partial charge in [-0.3, -0.25) is 9.69 Å². The highest BCUT2D eigenvalue weighted by Gasteiger charge is 2.23. The van der Waals surface area contributed by atoms with Crippen LogP contribution >= 0.6 is 22.9 Å². The number of thiazole rings is 1. The molecule has 2 aromatic rings. The molecule has 0 N–H and O–H groups in total. The van der Waals surface area contributed by atoms with Gasteiger partial charge in [0.1, 0.15) is 5.69 Å². The first kappa shape index (κ1) is 15.5. The van der Waals surface area contributed by atoms with Gasteiger partial charge in [0.25, 0.3) is 5.91 Å². The Morgan fingerprint density at radius 1 is 1.23 bits per heavy atom. The Bertz CT molecular complexity index is 648. The Hall–Kier alpha value is -1.43. The number of nitrogens with zero attached hydrogens (tertiary/aromatic N) is 3. The number of benzene rings is 1. The summed E-state index contributed by atoms with van der Waals surface area (Å²) >= 11 is 7.43. The summed E-state index contributed by atoms with van der Waals surface area (Å²) in [6.07, 6.45) is 0. The SMILES string of the molecule is Cc1nc(C(=O)N2CCN(Cc3ccc(Cl)cc3)CC2)cs1. The van der Waals surface area contributed by atoms with E-state index in [9.17, 15) is 4.79 Å². The highest BCUT2D eigenvalue weighted by Crippen LogP contribution is 2.15. The molecule has 116 valence electrons. The molecule has 1 fully saturated rings. The van der Waals surface area contributed by atoms with Crippen molar-refractivity contribution >= 4 is 28.8 Å². The number of hydrogen-bond donors (Lipinski definition) is 0. The van der Waals surface area contributed by atoms with Crippen LogP contribution in [0.3, 0.4) is 0 Å². The number of piperazine rings is 1. The second-order valence-corrected chi connectivity index (χ2v) is 6.95. The zero-order valence-electron chi connectivity index (χ0n) is 12.5. The van der Waals surface area contributed by atoms with Gasteiger partial charge in [0.15, 0.2) is 0 Å². The van der Waals surface area contributed by atoms with Gasteiger partial charge in [-0.25, -0.2) is 4.98 Å². The maximum atomic E-state index is 12.4. The van der Waals surface area contributed by atoms with E-state index in [1.807, 2.05) is 29.3 Å². The van der Waals surface area contributed by atoms with Crippen LogP contribution in [0.15, 0.2) is 29.6 Å². The molecule has 0 saturated carbocycles. The van der Waals surface area contributed by atoms with Crippen LogP contribution in [-0.2, 0) is 6.54 Å². The second-order valence-electron chi connectivity index (χ2n) is 5.45. The lowest BCUT2D eigenvalue weighted by molar-refractivity contribution is 0.0623. The molecule has 1 aromatic heterocycles. The zero-order chi connectivity index (χ0) is 15.5. The number of aryl methyl sites for hydroxylation is 1. The summed E-state index contributed by atoms with van der Waals surface area (Å²) in [5.74, 6) is 0.0514. The number of hydrogen-bond acceptors (Lipinski definition) is 4. The molecule has 6 heteroatoms. The summed E-state index contributed by atoms with van der Waals surface area (Å²) in [4.78, 5) is 20.9. The Morgan fingerprint density at radius 2 is 1.91 bits per heavy atom. The third kappa shape index (κ3) is 3.66. The third-order valence-corrected chi connectivity index (χ3v) is 4.84. The van der Waals surface area contributed by atoms with Crippen LogP contribution in [0.2, 0.25) is 5.02 Å². The van der Waals surface area contributed by atoms with Crippen molar-refractivity contribution in [3.8, 4) is 0 Å². The molecule has 0 radical (unpaired) electrons. The van der Waals surface area contributed by atoms with Crippen molar-refractivity contribution in [1.29, 1.82) is 0 Å². The number of aromatic nitrogens is 1. The summed E-state index contributed by atoms with van der Waals surface area (Å²) in [6.45, 7) is 6.10. The minimum atomic E-state index is 0.0514. The number of halogens is 1. The molecule has 1 amide bonds. The number of amides is 1. The van der Waals surface area contributed by atoms with E-state index in [0.717, 1.165) is 42.8 Å². The maximum Gasteiger partial charge on any atom is 0.273 e. The summed E-state index contributed by atoms with van der Waals surface area (Å²) in [6, 6.07) is 7.94. The van der Waals surface area contributed by atoms with Gasteiger partial charge in [-0.1, -0.05) is 23.7 Å². The Balaban J connectivity index is 1.54. The minimum Gasteiger partial charge on any atom is -0.335 e. The van der Waals surface area contributed by atoms with Crippen LogP contribution < -0.4 is 0 Å². The fourth-order valence-corrected chi connectivity index (χ4v) is 3.29. The molecule has 1 aromatic carbocycles. The molecule has 1 saturated heterocycles. The zero-order valence-corrected chi connectivity index (χ0v) is 14.0. The summed E-state index contributed by atoms with van der Waals surface area (Å²) in [7, 11) is 0. The number of carbonyl (C=O) groups is 1. The Kier molecular flexibility index (Phi) is 4.76. The molecule has 0 spiro atoms. The molecule has 3 rings (SSSR count). The first-order chi connectivity index (χ1) is 10.6. The van der Waals surface area contributed by atoms with Crippen molar-refractivity contribution in [2.24, 2.45) is 0 Å². The smallest absolute Gasteiger partial charge is 0.273 e. The predicted octanol–water partition coefficient (Wildman–Crippen LogP) is 3.06. The normalized spacial score (nSPS) is 16.0. The van der Waals surface area contributed by atoms with Crippen molar-refractivity contribution < 1.29 is 4.79 Å². The lowest BCUT2D eigenvalue weighted by Gasteiger charge is -2.34. The molecular formula is C16H18ClN3OS. The third-order valence-electron chi connectivity index (χ3n) is 3.82. The van der Waals surface area contributed by atoms with E-state index in [-0.39, 0.29) is 5.91 Å². The van der Waals surface area contributed by atoms with E-state index in [0.29, 0.717) is 5.69 Å². The van der Waals surface area contributed by atoms with Crippen molar-refractivity contribution in [2.75, 3.05) is 26.2 Å². The second kappa shape index (κ2) is 6.77. The maximum absolute atomic E-state index is 12.4. The first-order valence-electron chi connectivity index (χ1n) is 7.30. The molecule has 0 atom stereocenters. The fourth-order valence-electron chi connectivity index (χ4n) is 2.58. The number of rotatable bonds is 3. The molecule has 2 heterocycles. The molecule has 4 nitrogen and oxygen atoms in total. The Morgan fingerprint density at radius 3 is 2.50 bits per heavy atom. The van der Waals surface area contributed by atoms with E-state index in [1.54, 1.807) is 0 Å². The van der Waals surface area contributed by atoms with Crippen molar-refractivity contribution in [2.45, 2.75) is 13.5 Å². The number of carbonyl (C=O) groups excluding carboxylic acids is 1. The van der Waals surface area contributed by atoms with Crippen molar-refractivity contribution in [1.82, 2.24) is 14.8 Å². The molecule has 0 aliphatic carbocycles. The molecule has 0 bridgehead atoms. The fraction of sp³-hybridized carbons (Fsp3) is 0.375. The van der Waals surface area contributed by atoms with Crippen LogP contribution in [0.5, 0.6) is 0 Å². The van der Waals surface area contributed by atoms with E-state index in [2.05, 4.69) is 22.0 Å². The lowest BCUT2D eigenvalue weighted by Crippen LogP contribution is -2.48. The summed E-state index contributed by atoms with van der Waals surface area (Å²) < 4.78 is 0. The quantitative estimate of drug-likeness (QED) is 0.865. The van der Waals surface area contributed by atoms with Crippen LogP contribution in [0.25, 0.3) is 0 Å². The van der Waals surface area contributed by atoms with Gasteiger partial charge < -0.3 is 4.90 Å². The van der Waals surface area contributed by atoms with Gasteiger partial charge in [-0.15, -0.1) is 11.3 Å². The summed E-state index contributed by atoms with van der Waals surface area (Å²) in [5, 5.41) is 3.54. The molecule has 1 aliphatic heterocycles. The monoisotopic (exact) mass is 335 g/mol. The van der Waals surface area contributed by atoms with E-state index >= 15 is 0 Å². The van der Waals surface area contributed by atoms with E-state index < -0.39 is 0 Å². The van der Waals surface area contributed by atoms with Gasteiger partial charge in [0, 0.05) is 43.1 Å². The van der Waals surface area contributed by atoms with Crippen LogP contribution in [-0.4, -0.2) is 46.9 Å². The minimum absolute atomic E-state index is 0.0514. The van der Waals surface area contributed by atoms with Gasteiger partial charge in [-0.2, -0.15) is 0 Å². The lowest BCUT2D eigenvalue weighted by atomic mass is 10.2. The van der Waals surface area contributed by atoms with Gasteiger partial charge >= 0.3 is 0 Å². The Labute approximate surface area is 139 Å². The van der Waals surface area contributed by atoms with Gasteiger partial charge in [-0.05, 0) is 24.6 Å². The predicted molar refractivity (Wildman–Crippen MR) is 89.5 cm³/mol. The molecule has 22 heavy (non-hydrogen) atoms. The summed E-state index contributed by atoms with van der Waals surface area (Å²) in [5.41, 5.74) is 1.83.